The van der Waals surface area contributed by atoms with Crippen LogP contribution in [0.2, 0.25) is 0 Å². The van der Waals surface area contributed by atoms with Crippen molar-refractivity contribution in [2.24, 2.45) is 0 Å². The molecule has 1 aliphatic heterocycles. The topological polar surface area (TPSA) is 86.5 Å². The number of fused-ring (bicyclic) bond motifs is 1. The Morgan fingerprint density at radius 3 is 2.73 bits per heavy atom. The average molecular weight is 369 g/mol. The summed E-state index contributed by atoms with van der Waals surface area (Å²) in [7, 11) is 0. The highest BCUT2D eigenvalue weighted by molar-refractivity contribution is 7.14. The third kappa shape index (κ3) is 3.45. The van der Waals surface area contributed by atoms with Crippen LogP contribution in [-0.4, -0.2) is 29.2 Å². The number of non-ortho nitro benzene ring substituents is 1. The zero-order valence-corrected chi connectivity index (χ0v) is 14.4. The van der Waals surface area contributed by atoms with Gasteiger partial charge in [-0.05, 0) is 24.3 Å². The number of nitrogens with one attached hydrogen (secondary N) is 1. The van der Waals surface area contributed by atoms with Crippen molar-refractivity contribution in [1.82, 2.24) is 4.98 Å². The lowest BCUT2D eigenvalue weighted by Crippen LogP contribution is -2.35. The quantitative estimate of drug-likeness (QED) is 0.541. The number of para-hydroxylation sites is 2. The van der Waals surface area contributed by atoms with Crippen molar-refractivity contribution in [3.8, 4) is 22.8 Å². The predicted octanol–water partition coefficient (Wildman–Crippen LogP) is 3.97. The number of thiazole rings is 1. The van der Waals surface area contributed by atoms with Crippen molar-refractivity contribution < 1.29 is 14.4 Å². The van der Waals surface area contributed by atoms with Crippen molar-refractivity contribution in [3.63, 3.8) is 0 Å². The maximum absolute atomic E-state index is 10.7. The number of nitro benzene ring substituents is 1. The largest absolute Gasteiger partial charge is 0.486 e. The van der Waals surface area contributed by atoms with E-state index in [0.29, 0.717) is 13.2 Å². The fraction of sp³-hybridized carbons (Fsp3) is 0.167. The highest BCUT2D eigenvalue weighted by Crippen LogP contribution is 2.31. The smallest absolute Gasteiger partial charge is 0.269 e. The van der Waals surface area contributed by atoms with Crippen LogP contribution >= 0.6 is 11.3 Å². The molecule has 1 unspecified atom stereocenters. The molecular formula is C18H15N3O4S. The van der Waals surface area contributed by atoms with Gasteiger partial charge < -0.3 is 14.8 Å². The first-order valence-electron chi connectivity index (χ1n) is 8.02. The van der Waals surface area contributed by atoms with E-state index in [1.54, 1.807) is 12.1 Å². The standard InChI is InChI=1S/C18H15N3O4S/c22-21(23)13-7-5-12(6-8-13)15-11-26-18(20-15)19-9-14-10-24-16-3-1-2-4-17(16)25-14/h1-8,11,14H,9-10H2,(H,19,20). The zero-order chi connectivity index (χ0) is 17.9. The highest BCUT2D eigenvalue weighted by Gasteiger charge is 2.20. The predicted molar refractivity (Wildman–Crippen MR) is 99.0 cm³/mol. The summed E-state index contributed by atoms with van der Waals surface area (Å²) >= 11 is 1.48. The minimum absolute atomic E-state index is 0.0667. The summed E-state index contributed by atoms with van der Waals surface area (Å²) in [5.41, 5.74) is 1.68. The molecule has 0 bridgehead atoms. The first kappa shape index (κ1) is 16.3. The Kier molecular flexibility index (Phi) is 4.40. The molecule has 132 valence electrons. The van der Waals surface area contributed by atoms with E-state index in [1.807, 2.05) is 29.6 Å². The Morgan fingerprint density at radius 2 is 1.96 bits per heavy atom. The molecule has 7 nitrogen and oxygen atoms in total. The molecule has 0 saturated heterocycles. The van der Waals surface area contributed by atoms with Crippen LogP contribution in [-0.2, 0) is 0 Å². The maximum Gasteiger partial charge on any atom is 0.269 e. The molecule has 2 heterocycles. The van der Waals surface area contributed by atoms with Gasteiger partial charge in [-0.25, -0.2) is 4.98 Å². The second kappa shape index (κ2) is 7.01. The van der Waals surface area contributed by atoms with Gasteiger partial charge in [-0.1, -0.05) is 12.1 Å². The summed E-state index contributed by atoms with van der Waals surface area (Å²) in [6.07, 6.45) is -0.100. The molecule has 0 spiro atoms. The van der Waals surface area contributed by atoms with Crippen LogP contribution in [0.5, 0.6) is 11.5 Å². The van der Waals surface area contributed by atoms with Crippen molar-refractivity contribution >= 4 is 22.2 Å². The number of anilines is 1. The Bertz CT molecular complexity index is 926. The lowest BCUT2D eigenvalue weighted by molar-refractivity contribution is -0.384. The minimum atomic E-state index is -0.414. The van der Waals surface area contributed by atoms with Gasteiger partial charge in [0.1, 0.15) is 12.7 Å². The van der Waals surface area contributed by atoms with Crippen LogP contribution in [0.25, 0.3) is 11.3 Å². The molecule has 26 heavy (non-hydrogen) atoms. The molecule has 1 aromatic heterocycles. The maximum atomic E-state index is 10.7. The summed E-state index contributed by atoms with van der Waals surface area (Å²) in [4.78, 5) is 14.8. The normalized spacial score (nSPS) is 15.5. The lowest BCUT2D eigenvalue weighted by atomic mass is 10.1. The fourth-order valence-corrected chi connectivity index (χ4v) is 3.34. The summed E-state index contributed by atoms with van der Waals surface area (Å²) in [6, 6.07) is 14.0. The molecule has 1 aliphatic rings. The Labute approximate surface area is 153 Å². The number of hydrogen-bond donors (Lipinski definition) is 1. The summed E-state index contributed by atoms with van der Waals surface area (Å²) in [5.74, 6) is 1.51. The molecule has 8 heteroatoms. The number of benzene rings is 2. The molecule has 1 atom stereocenters. The molecular weight excluding hydrogens is 354 g/mol. The van der Waals surface area contributed by atoms with E-state index >= 15 is 0 Å². The van der Waals surface area contributed by atoms with Gasteiger partial charge in [0.05, 0.1) is 17.2 Å². The molecule has 0 aliphatic carbocycles. The summed E-state index contributed by atoms with van der Waals surface area (Å²) in [6.45, 7) is 1.05. The van der Waals surface area contributed by atoms with E-state index in [1.165, 1.54) is 23.5 Å². The van der Waals surface area contributed by atoms with Crippen LogP contribution in [0.1, 0.15) is 0 Å². The van der Waals surface area contributed by atoms with Gasteiger partial charge in [0.15, 0.2) is 16.6 Å². The van der Waals surface area contributed by atoms with Crippen molar-refractivity contribution in [2.75, 3.05) is 18.5 Å². The molecule has 0 amide bonds. The first-order chi connectivity index (χ1) is 12.7. The monoisotopic (exact) mass is 369 g/mol. The highest BCUT2D eigenvalue weighted by atomic mass is 32.1. The van der Waals surface area contributed by atoms with E-state index in [0.717, 1.165) is 27.9 Å². The van der Waals surface area contributed by atoms with Gasteiger partial charge >= 0.3 is 0 Å². The van der Waals surface area contributed by atoms with Gasteiger partial charge in [0.25, 0.3) is 5.69 Å². The molecule has 2 aromatic carbocycles. The minimum Gasteiger partial charge on any atom is -0.486 e. The average Bonchev–Trinajstić information content (AvgIpc) is 3.15. The second-order valence-electron chi connectivity index (χ2n) is 5.72. The molecule has 3 aromatic rings. The first-order valence-corrected chi connectivity index (χ1v) is 8.90. The van der Waals surface area contributed by atoms with E-state index < -0.39 is 4.92 Å². The number of rotatable bonds is 5. The van der Waals surface area contributed by atoms with E-state index in [9.17, 15) is 10.1 Å². The summed E-state index contributed by atoms with van der Waals surface area (Å²) in [5, 5.41) is 16.7. The van der Waals surface area contributed by atoms with Gasteiger partial charge in [-0.2, -0.15) is 0 Å². The van der Waals surface area contributed by atoms with Crippen molar-refractivity contribution in [3.05, 3.63) is 64.0 Å². The molecule has 1 N–H and O–H groups in total. The number of nitro groups is 1. The molecule has 0 radical (unpaired) electrons. The van der Waals surface area contributed by atoms with Gasteiger partial charge in [-0.15, -0.1) is 11.3 Å². The van der Waals surface area contributed by atoms with Crippen molar-refractivity contribution in [2.45, 2.75) is 6.10 Å². The van der Waals surface area contributed by atoms with Gasteiger partial charge in [0.2, 0.25) is 0 Å². The molecule has 0 fully saturated rings. The van der Waals surface area contributed by atoms with E-state index in [2.05, 4.69) is 10.3 Å². The molecule has 4 rings (SSSR count). The van der Waals surface area contributed by atoms with Crippen LogP contribution < -0.4 is 14.8 Å². The SMILES string of the molecule is O=[N+]([O-])c1ccc(-c2csc(NCC3COc4ccccc4O3)n2)cc1. The Balaban J connectivity index is 1.38. The second-order valence-corrected chi connectivity index (χ2v) is 6.58. The van der Waals surface area contributed by atoms with E-state index in [-0.39, 0.29) is 11.8 Å². The number of ether oxygens (including phenoxy) is 2. The molecule has 0 saturated carbocycles. The van der Waals surface area contributed by atoms with Crippen LogP contribution in [0.3, 0.4) is 0 Å². The van der Waals surface area contributed by atoms with Crippen LogP contribution in [0.15, 0.2) is 53.9 Å². The van der Waals surface area contributed by atoms with Gasteiger partial charge in [-0.3, -0.25) is 10.1 Å². The number of hydrogen-bond acceptors (Lipinski definition) is 7. The Morgan fingerprint density at radius 1 is 1.19 bits per heavy atom. The van der Waals surface area contributed by atoms with E-state index in [4.69, 9.17) is 9.47 Å². The van der Waals surface area contributed by atoms with Crippen molar-refractivity contribution in [1.29, 1.82) is 0 Å². The Hall–Kier alpha value is -3.13. The zero-order valence-electron chi connectivity index (χ0n) is 13.6. The van der Waals surface area contributed by atoms with Crippen LogP contribution in [0, 0.1) is 10.1 Å². The lowest BCUT2D eigenvalue weighted by Gasteiger charge is -2.26. The van der Waals surface area contributed by atoms with Crippen LogP contribution in [0.4, 0.5) is 10.8 Å². The number of aromatic nitrogens is 1. The van der Waals surface area contributed by atoms with Gasteiger partial charge in [0, 0.05) is 23.1 Å². The third-order valence-corrected chi connectivity index (χ3v) is 4.73. The number of nitrogens with zero attached hydrogens (tertiary/aromatic N) is 2. The summed E-state index contributed by atoms with van der Waals surface area (Å²) < 4.78 is 11.6. The fourth-order valence-electron chi connectivity index (χ4n) is 2.61. The third-order valence-electron chi connectivity index (χ3n) is 3.93.